The first-order valence-electron chi connectivity index (χ1n) is 5.50. The predicted molar refractivity (Wildman–Crippen MR) is 71.5 cm³/mol. The normalized spacial score (nSPS) is 12.8. The van der Waals surface area contributed by atoms with Crippen LogP contribution in [0.2, 0.25) is 0 Å². The van der Waals surface area contributed by atoms with E-state index in [-0.39, 0.29) is 6.10 Å². The van der Waals surface area contributed by atoms with Crippen molar-refractivity contribution in [3.05, 3.63) is 54.5 Å². The lowest BCUT2D eigenvalue weighted by atomic mass is 10.1. The van der Waals surface area contributed by atoms with Gasteiger partial charge in [-0.3, -0.25) is 0 Å². The molecule has 0 heterocycles. The highest BCUT2D eigenvalue weighted by Gasteiger charge is 1.97. The highest BCUT2D eigenvalue weighted by atomic mass is 32.2. The predicted octanol–water partition coefficient (Wildman–Crippen LogP) is 4.01. The van der Waals surface area contributed by atoms with Crippen molar-refractivity contribution >= 4 is 11.8 Å². The molecular weight excluding hydrogens is 216 g/mol. The number of allylic oxidation sites excluding steroid dienone is 1. The SMILES string of the molecule is C=CCCC[C@H](O)/C=C/Sc1ccccc1. The summed E-state index contributed by atoms with van der Waals surface area (Å²) in [5.74, 6) is 0. The van der Waals surface area contributed by atoms with E-state index < -0.39 is 0 Å². The van der Waals surface area contributed by atoms with Crippen LogP contribution in [0.1, 0.15) is 19.3 Å². The van der Waals surface area contributed by atoms with Gasteiger partial charge in [-0.05, 0) is 42.9 Å². The molecule has 0 unspecified atom stereocenters. The molecule has 0 aliphatic heterocycles. The van der Waals surface area contributed by atoms with E-state index in [2.05, 4.69) is 18.7 Å². The van der Waals surface area contributed by atoms with Crippen molar-refractivity contribution in [3.63, 3.8) is 0 Å². The highest BCUT2D eigenvalue weighted by molar-refractivity contribution is 8.02. The lowest BCUT2D eigenvalue weighted by Crippen LogP contribution is -2.00. The van der Waals surface area contributed by atoms with E-state index in [1.54, 1.807) is 11.8 Å². The molecule has 1 N–H and O–H groups in total. The average molecular weight is 234 g/mol. The Morgan fingerprint density at radius 3 is 2.75 bits per heavy atom. The van der Waals surface area contributed by atoms with Crippen molar-refractivity contribution in [2.75, 3.05) is 0 Å². The Bertz CT molecular complexity index is 319. The van der Waals surface area contributed by atoms with Crippen molar-refractivity contribution in [1.29, 1.82) is 0 Å². The Hall–Kier alpha value is -0.990. The molecule has 1 aromatic carbocycles. The number of hydrogen-bond acceptors (Lipinski definition) is 2. The standard InChI is InChI=1S/C14H18OS/c1-2-3-5-8-13(15)11-12-16-14-9-6-4-7-10-14/h2,4,6-7,9-13,15H,1,3,5,8H2/b12-11+/t13-/m0/s1. The smallest absolute Gasteiger partial charge is 0.0729 e. The van der Waals surface area contributed by atoms with E-state index in [1.807, 2.05) is 35.8 Å². The third-order valence-electron chi connectivity index (χ3n) is 2.16. The van der Waals surface area contributed by atoms with Crippen LogP contribution in [-0.2, 0) is 0 Å². The molecule has 2 heteroatoms. The summed E-state index contributed by atoms with van der Waals surface area (Å²) in [6.07, 6.45) is 6.16. The molecule has 0 aliphatic rings. The van der Waals surface area contributed by atoms with E-state index in [0.717, 1.165) is 19.3 Å². The summed E-state index contributed by atoms with van der Waals surface area (Å²) in [6.45, 7) is 3.66. The van der Waals surface area contributed by atoms with Crippen LogP contribution >= 0.6 is 11.8 Å². The zero-order valence-corrected chi connectivity index (χ0v) is 10.2. The number of benzene rings is 1. The fraction of sp³-hybridized carbons (Fsp3) is 0.286. The molecule has 0 spiro atoms. The Kier molecular flexibility index (Phi) is 6.70. The summed E-state index contributed by atoms with van der Waals surface area (Å²) < 4.78 is 0. The molecule has 0 amide bonds. The maximum atomic E-state index is 9.62. The van der Waals surface area contributed by atoms with Gasteiger partial charge in [-0.2, -0.15) is 0 Å². The molecule has 1 nitrogen and oxygen atoms in total. The Labute approximate surface area is 102 Å². The van der Waals surface area contributed by atoms with E-state index in [9.17, 15) is 5.11 Å². The van der Waals surface area contributed by atoms with E-state index in [4.69, 9.17) is 0 Å². The van der Waals surface area contributed by atoms with E-state index >= 15 is 0 Å². The van der Waals surface area contributed by atoms with E-state index in [1.165, 1.54) is 4.90 Å². The second-order valence-electron chi connectivity index (χ2n) is 3.55. The van der Waals surface area contributed by atoms with Gasteiger partial charge in [-0.15, -0.1) is 6.58 Å². The first-order chi connectivity index (χ1) is 7.83. The third kappa shape index (κ3) is 5.79. The molecule has 0 bridgehead atoms. The minimum absolute atomic E-state index is 0.337. The average Bonchev–Trinajstić information content (AvgIpc) is 2.31. The van der Waals surface area contributed by atoms with Crippen LogP contribution in [0.15, 0.2) is 59.4 Å². The number of unbranched alkanes of at least 4 members (excludes halogenated alkanes) is 1. The zero-order valence-electron chi connectivity index (χ0n) is 9.38. The lowest BCUT2D eigenvalue weighted by molar-refractivity contribution is 0.210. The highest BCUT2D eigenvalue weighted by Crippen LogP contribution is 2.18. The molecule has 16 heavy (non-hydrogen) atoms. The monoisotopic (exact) mass is 234 g/mol. The third-order valence-corrected chi connectivity index (χ3v) is 2.99. The molecule has 1 atom stereocenters. The molecule has 1 rings (SSSR count). The van der Waals surface area contributed by atoms with E-state index in [0.29, 0.717) is 0 Å². The van der Waals surface area contributed by atoms with Crippen LogP contribution in [0.25, 0.3) is 0 Å². The minimum Gasteiger partial charge on any atom is -0.389 e. The van der Waals surface area contributed by atoms with Gasteiger partial charge in [-0.1, -0.05) is 36.0 Å². The number of thioether (sulfide) groups is 1. The summed E-state index contributed by atoms with van der Waals surface area (Å²) >= 11 is 1.63. The first kappa shape index (κ1) is 13.1. The molecule has 86 valence electrons. The molecule has 0 saturated carbocycles. The molecule has 0 fully saturated rings. The summed E-state index contributed by atoms with van der Waals surface area (Å²) in [4.78, 5) is 1.19. The van der Waals surface area contributed by atoms with Gasteiger partial charge in [0.05, 0.1) is 6.10 Å². The number of aliphatic hydroxyl groups is 1. The second kappa shape index (κ2) is 8.20. The zero-order chi connectivity index (χ0) is 11.6. The summed E-state index contributed by atoms with van der Waals surface area (Å²) in [6, 6.07) is 10.1. The van der Waals surface area contributed by atoms with Gasteiger partial charge in [0.1, 0.15) is 0 Å². The molecule has 0 aliphatic carbocycles. The van der Waals surface area contributed by atoms with Crippen molar-refractivity contribution < 1.29 is 5.11 Å². The largest absolute Gasteiger partial charge is 0.389 e. The minimum atomic E-state index is -0.337. The molecular formula is C14H18OS. The quantitative estimate of drug-likeness (QED) is 0.437. The van der Waals surface area contributed by atoms with Crippen molar-refractivity contribution in [2.24, 2.45) is 0 Å². The second-order valence-corrected chi connectivity index (χ2v) is 4.53. The van der Waals surface area contributed by atoms with Crippen molar-refractivity contribution in [3.8, 4) is 0 Å². The van der Waals surface area contributed by atoms with Gasteiger partial charge in [0, 0.05) is 4.90 Å². The molecule has 0 radical (unpaired) electrons. The van der Waals surface area contributed by atoms with Gasteiger partial charge < -0.3 is 5.11 Å². The van der Waals surface area contributed by atoms with Gasteiger partial charge in [0.25, 0.3) is 0 Å². The van der Waals surface area contributed by atoms with Gasteiger partial charge in [-0.25, -0.2) is 0 Å². The number of hydrogen-bond donors (Lipinski definition) is 1. The summed E-state index contributed by atoms with van der Waals surface area (Å²) in [7, 11) is 0. The van der Waals surface area contributed by atoms with Gasteiger partial charge in [0.15, 0.2) is 0 Å². The Balaban J connectivity index is 2.23. The number of aliphatic hydroxyl groups excluding tert-OH is 1. The fourth-order valence-electron chi connectivity index (χ4n) is 1.28. The fourth-order valence-corrected chi connectivity index (χ4v) is 2.01. The van der Waals surface area contributed by atoms with Crippen LogP contribution in [0, 0.1) is 0 Å². The van der Waals surface area contributed by atoms with Gasteiger partial charge in [0.2, 0.25) is 0 Å². The molecule has 0 aromatic heterocycles. The molecule has 0 saturated heterocycles. The molecule has 1 aromatic rings. The summed E-state index contributed by atoms with van der Waals surface area (Å²) in [5.41, 5.74) is 0. The lowest BCUT2D eigenvalue weighted by Gasteiger charge is -2.03. The van der Waals surface area contributed by atoms with Crippen molar-refractivity contribution in [1.82, 2.24) is 0 Å². The van der Waals surface area contributed by atoms with Crippen molar-refractivity contribution in [2.45, 2.75) is 30.3 Å². The number of rotatable bonds is 7. The van der Waals surface area contributed by atoms with Gasteiger partial charge >= 0.3 is 0 Å². The topological polar surface area (TPSA) is 20.2 Å². The summed E-state index contributed by atoms with van der Waals surface area (Å²) in [5, 5.41) is 11.6. The van der Waals surface area contributed by atoms with Crippen LogP contribution in [0.3, 0.4) is 0 Å². The maximum absolute atomic E-state index is 9.62. The maximum Gasteiger partial charge on any atom is 0.0729 e. The Morgan fingerprint density at radius 1 is 1.31 bits per heavy atom. The van der Waals surface area contributed by atoms with Crippen LogP contribution in [0.5, 0.6) is 0 Å². The van der Waals surface area contributed by atoms with Crippen LogP contribution < -0.4 is 0 Å². The van der Waals surface area contributed by atoms with Crippen LogP contribution in [-0.4, -0.2) is 11.2 Å². The first-order valence-corrected chi connectivity index (χ1v) is 6.38. The Morgan fingerprint density at radius 2 is 2.06 bits per heavy atom. The van der Waals surface area contributed by atoms with Crippen LogP contribution in [0.4, 0.5) is 0 Å².